The minimum absolute atomic E-state index is 0.00376. The maximum absolute atomic E-state index is 12.6. The topological polar surface area (TPSA) is 64.0 Å². The van der Waals surface area contributed by atoms with E-state index in [-0.39, 0.29) is 11.5 Å². The first-order chi connectivity index (χ1) is 12.2. The third kappa shape index (κ3) is 3.05. The highest BCUT2D eigenvalue weighted by Gasteiger charge is 2.15. The standard InChI is InChI=1S/C20H19N3O2/c24-19(21-13-14-6-2-1-3-7-14)15-9-10-16-17(12-15)22-18-8-4-5-11-23(18)20(16)25/h1-3,6-7,9-10,12H,4-5,8,11,13H2,(H,21,24). The average molecular weight is 333 g/mol. The Hall–Kier alpha value is -2.95. The van der Waals surface area contributed by atoms with Crippen LogP contribution in [-0.4, -0.2) is 15.5 Å². The Kier molecular flexibility index (Phi) is 4.06. The van der Waals surface area contributed by atoms with E-state index in [4.69, 9.17) is 0 Å². The second-order valence-corrected chi connectivity index (χ2v) is 6.34. The zero-order chi connectivity index (χ0) is 17.2. The largest absolute Gasteiger partial charge is 0.348 e. The SMILES string of the molecule is O=C(NCc1ccccc1)c1ccc2c(=O)n3c(nc2c1)CCCC3. The van der Waals surface area contributed by atoms with Crippen molar-refractivity contribution in [2.75, 3.05) is 0 Å². The first kappa shape index (κ1) is 15.6. The Morgan fingerprint density at radius 1 is 1.12 bits per heavy atom. The molecule has 0 saturated carbocycles. The van der Waals surface area contributed by atoms with Gasteiger partial charge >= 0.3 is 0 Å². The van der Waals surface area contributed by atoms with Gasteiger partial charge in [0.25, 0.3) is 11.5 Å². The van der Waals surface area contributed by atoms with Gasteiger partial charge in [0, 0.05) is 25.1 Å². The van der Waals surface area contributed by atoms with Crippen LogP contribution >= 0.6 is 0 Å². The monoisotopic (exact) mass is 333 g/mol. The molecule has 5 nitrogen and oxygen atoms in total. The second-order valence-electron chi connectivity index (χ2n) is 6.34. The molecule has 1 aromatic heterocycles. The van der Waals surface area contributed by atoms with Gasteiger partial charge in [-0.2, -0.15) is 0 Å². The van der Waals surface area contributed by atoms with Gasteiger partial charge in [-0.1, -0.05) is 30.3 Å². The van der Waals surface area contributed by atoms with Gasteiger partial charge in [-0.15, -0.1) is 0 Å². The van der Waals surface area contributed by atoms with Crippen molar-refractivity contribution < 1.29 is 4.79 Å². The Balaban J connectivity index is 1.62. The molecule has 0 spiro atoms. The van der Waals surface area contributed by atoms with Crippen LogP contribution in [0.5, 0.6) is 0 Å². The molecule has 2 heterocycles. The van der Waals surface area contributed by atoms with Crippen molar-refractivity contribution in [2.24, 2.45) is 0 Å². The van der Waals surface area contributed by atoms with Crippen molar-refractivity contribution in [1.82, 2.24) is 14.9 Å². The third-order valence-corrected chi connectivity index (χ3v) is 4.62. The summed E-state index contributed by atoms with van der Waals surface area (Å²) in [7, 11) is 0. The van der Waals surface area contributed by atoms with Crippen LogP contribution in [0.25, 0.3) is 10.9 Å². The molecule has 1 amide bonds. The molecule has 0 atom stereocenters. The summed E-state index contributed by atoms with van der Waals surface area (Å²) in [6.45, 7) is 1.20. The fourth-order valence-corrected chi connectivity index (χ4v) is 3.26. The van der Waals surface area contributed by atoms with Crippen molar-refractivity contribution >= 4 is 16.8 Å². The molecule has 0 unspecified atom stereocenters. The fourth-order valence-electron chi connectivity index (χ4n) is 3.26. The van der Waals surface area contributed by atoms with Crippen LogP contribution in [0.15, 0.2) is 53.3 Å². The molecule has 1 aliphatic heterocycles. The lowest BCUT2D eigenvalue weighted by atomic mass is 10.1. The van der Waals surface area contributed by atoms with Crippen molar-refractivity contribution in [3.05, 3.63) is 75.8 Å². The lowest BCUT2D eigenvalue weighted by Gasteiger charge is -2.17. The van der Waals surface area contributed by atoms with Gasteiger partial charge < -0.3 is 5.32 Å². The molecule has 0 fully saturated rings. The van der Waals surface area contributed by atoms with E-state index in [9.17, 15) is 9.59 Å². The Labute approximate surface area is 145 Å². The Morgan fingerprint density at radius 2 is 1.96 bits per heavy atom. The second kappa shape index (κ2) is 6.51. The summed E-state index contributed by atoms with van der Waals surface area (Å²) in [5, 5.41) is 3.48. The highest BCUT2D eigenvalue weighted by Crippen LogP contribution is 2.16. The number of aryl methyl sites for hydroxylation is 1. The molecule has 5 heteroatoms. The van der Waals surface area contributed by atoms with E-state index in [0.717, 1.165) is 37.2 Å². The van der Waals surface area contributed by atoms with Gasteiger partial charge in [-0.05, 0) is 36.6 Å². The molecule has 0 radical (unpaired) electrons. The summed E-state index contributed by atoms with van der Waals surface area (Å²) in [5.74, 6) is 0.663. The fraction of sp³-hybridized carbons (Fsp3) is 0.250. The number of carbonyl (C=O) groups excluding carboxylic acids is 1. The van der Waals surface area contributed by atoms with E-state index in [0.29, 0.717) is 23.0 Å². The highest BCUT2D eigenvalue weighted by molar-refractivity contribution is 5.97. The maximum atomic E-state index is 12.6. The van der Waals surface area contributed by atoms with E-state index in [1.165, 1.54) is 0 Å². The number of benzene rings is 2. The van der Waals surface area contributed by atoms with Gasteiger partial charge in [0.15, 0.2) is 0 Å². The number of fused-ring (bicyclic) bond motifs is 2. The highest BCUT2D eigenvalue weighted by atomic mass is 16.1. The van der Waals surface area contributed by atoms with E-state index >= 15 is 0 Å². The molecule has 1 aliphatic rings. The number of carbonyl (C=O) groups is 1. The number of hydrogen-bond acceptors (Lipinski definition) is 3. The van der Waals surface area contributed by atoms with Crippen molar-refractivity contribution in [2.45, 2.75) is 32.4 Å². The zero-order valence-electron chi connectivity index (χ0n) is 13.9. The van der Waals surface area contributed by atoms with E-state index in [1.54, 1.807) is 22.8 Å². The average Bonchev–Trinajstić information content (AvgIpc) is 2.67. The van der Waals surface area contributed by atoms with Gasteiger partial charge in [0.05, 0.1) is 10.9 Å². The quantitative estimate of drug-likeness (QED) is 0.801. The lowest BCUT2D eigenvalue weighted by Crippen LogP contribution is -2.28. The maximum Gasteiger partial charge on any atom is 0.261 e. The molecule has 126 valence electrons. The van der Waals surface area contributed by atoms with E-state index < -0.39 is 0 Å². The normalized spacial score (nSPS) is 13.4. The molecule has 0 aliphatic carbocycles. The van der Waals surface area contributed by atoms with E-state index in [2.05, 4.69) is 10.3 Å². The van der Waals surface area contributed by atoms with Crippen molar-refractivity contribution in [3.8, 4) is 0 Å². The molecule has 25 heavy (non-hydrogen) atoms. The van der Waals surface area contributed by atoms with Crippen molar-refractivity contribution in [3.63, 3.8) is 0 Å². The number of hydrogen-bond donors (Lipinski definition) is 1. The molecule has 2 aromatic carbocycles. The van der Waals surface area contributed by atoms with Gasteiger partial charge in [0.1, 0.15) is 5.82 Å². The summed E-state index contributed by atoms with van der Waals surface area (Å²) < 4.78 is 1.76. The van der Waals surface area contributed by atoms with Crippen LogP contribution in [-0.2, 0) is 19.5 Å². The molecule has 1 N–H and O–H groups in total. The molecule has 0 saturated heterocycles. The molecule has 3 aromatic rings. The first-order valence-electron chi connectivity index (χ1n) is 8.58. The minimum atomic E-state index is -0.162. The number of rotatable bonds is 3. The van der Waals surface area contributed by atoms with Gasteiger partial charge in [-0.25, -0.2) is 4.98 Å². The predicted octanol–water partition coefficient (Wildman–Crippen LogP) is 2.66. The number of aromatic nitrogens is 2. The summed E-state index contributed by atoms with van der Waals surface area (Å²) in [5.41, 5.74) is 2.17. The van der Waals surface area contributed by atoms with E-state index in [1.807, 2.05) is 30.3 Å². The third-order valence-electron chi connectivity index (χ3n) is 4.62. The zero-order valence-corrected chi connectivity index (χ0v) is 13.9. The summed E-state index contributed by atoms with van der Waals surface area (Å²) in [6.07, 6.45) is 2.88. The number of nitrogens with one attached hydrogen (secondary N) is 1. The Bertz CT molecular complexity index is 993. The predicted molar refractivity (Wildman–Crippen MR) is 96.6 cm³/mol. The molecule has 0 bridgehead atoms. The molecular weight excluding hydrogens is 314 g/mol. The van der Waals surface area contributed by atoms with Crippen molar-refractivity contribution in [1.29, 1.82) is 0 Å². The number of nitrogens with zero attached hydrogens (tertiary/aromatic N) is 2. The Morgan fingerprint density at radius 3 is 2.80 bits per heavy atom. The van der Waals surface area contributed by atoms with Crippen LogP contribution in [0, 0.1) is 0 Å². The minimum Gasteiger partial charge on any atom is -0.348 e. The lowest BCUT2D eigenvalue weighted by molar-refractivity contribution is 0.0951. The van der Waals surface area contributed by atoms with Crippen LogP contribution in [0.4, 0.5) is 0 Å². The van der Waals surface area contributed by atoms with Crippen LogP contribution in [0.3, 0.4) is 0 Å². The van der Waals surface area contributed by atoms with Gasteiger partial charge in [-0.3, -0.25) is 14.2 Å². The molecular formula is C20H19N3O2. The van der Waals surface area contributed by atoms with Gasteiger partial charge in [0.2, 0.25) is 0 Å². The smallest absolute Gasteiger partial charge is 0.261 e. The summed E-state index contributed by atoms with van der Waals surface area (Å²) in [6, 6.07) is 14.9. The van der Waals surface area contributed by atoms with Crippen LogP contribution < -0.4 is 10.9 Å². The number of amides is 1. The summed E-state index contributed by atoms with van der Waals surface area (Å²) in [4.78, 5) is 29.6. The first-order valence-corrected chi connectivity index (χ1v) is 8.58. The molecule has 4 rings (SSSR count). The summed E-state index contributed by atoms with van der Waals surface area (Å²) >= 11 is 0. The van der Waals surface area contributed by atoms with Crippen LogP contribution in [0.1, 0.15) is 34.6 Å². The van der Waals surface area contributed by atoms with Crippen LogP contribution in [0.2, 0.25) is 0 Å².